The van der Waals surface area contributed by atoms with Crippen molar-refractivity contribution in [1.82, 2.24) is 10.2 Å². The lowest BCUT2D eigenvalue weighted by atomic mass is 10.1. The maximum Gasteiger partial charge on any atom is 0.0189 e. The summed E-state index contributed by atoms with van der Waals surface area (Å²) in [7, 11) is 2.08. The number of hydrogen-bond donors (Lipinski definition) is 1. The molecule has 1 aliphatic rings. The van der Waals surface area contributed by atoms with Crippen LogP contribution in [-0.2, 0) is 0 Å². The minimum atomic E-state index is 0.675. The normalized spacial score (nSPS) is 19.3. The first-order valence-corrected chi connectivity index (χ1v) is 6.08. The van der Waals surface area contributed by atoms with Crippen LogP contribution in [-0.4, -0.2) is 37.1 Å². The molecule has 0 amide bonds. The molecule has 0 spiro atoms. The first-order valence-electron chi connectivity index (χ1n) is 6.08. The Balaban J connectivity index is 2.33. The molecule has 1 fully saturated rings. The fraction of sp³-hybridized carbons (Fsp3) is 1.00. The van der Waals surface area contributed by atoms with Crippen LogP contribution in [0, 0.1) is 5.92 Å². The van der Waals surface area contributed by atoms with E-state index in [-0.39, 0.29) is 0 Å². The largest absolute Gasteiger partial charge is 0.316 e. The molecule has 14 heavy (non-hydrogen) atoms. The van der Waals surface area contributed by atoms with Crippen molar-refractivity contribution in [2.45, 2.75) is 52.1 Å². The molecule has 1 rings (SSSR count). The lowest BCUT2D eigenvalue weighted by Gasteiger charge is -2.28. The van der Waals surface area contributed by atoms with E-state index in [2.05, 4.69) is 38.0 Å². The van der Waals surface area contributed by atoms with Crippen LogP contribution < -0.4 is 5.32 Å². The van der Waals surface area contributed by atoms with Gasteiger partial charge in [0.05, 0.1) is 0 Å². The summed E-state index contributed by atoms with van der Waals surface area (Å²) in [6.45, 7) is 9.39. The molecule has 0 aromatic carbocycles. The maximum atomic E-state index is 3.40. The molecular weight excluding hydrogens is 172 g/mol. The van der Waals surface area contributed by atoms with Gasteiger partial charge in [0.2, 0.25) is 0 Å². The topological polar surface area (TPSA) is 15.3 Å². The number of likely N-dealkylation sites (N-methyl/N-ethyl adjacent to an activating group) is 1. The molecule has 1 saturated carbocycles. The van der Waals surface area contributed by atoms with Crippen molar-refractivity contribution >= 4 is 0 Å². The van der Waals surface area contributed by atoms with Gasteiger partial charge in [-0.15, -0.1) is 0 Å². The van der Waals surface area contributed by atoms with E-state index in [4.69, 9.17) is 0 Å². The van der Waals surface area contributed by atoms with Gasteiger partial charge in [0, 0.05) is 25.2 Å². The third-order valence-corrected chi connectivity index (χ3v) is 3.02. The van der Waals surface area contributed by atoms with Crippen LogP contribution >= 0.6 is 0 Å². The van der Waals surface area contributed by atoms with Crippen molar-refractivity contribution in [2.24, 2.45) is 5.92 Å². The Bertz CT molecular complexity index is 148. The highest BCUT2D eigenvalue weighted by Gasteiger charge is 2.30. The summed E-state index contributed by atoms with van der Waals surface area (Å²) in [5.74, 6) is 0.796. The van der Waals surface area contributed by atoms with E-state index < -0.39 is 0 Å². The van der Waals surface area contributed by atoms with Crippen molar-refractivity contribution < 1.29 is 0 Å². The molecule has 1 atom stereocenters. The van der Waals surface area contributed by atoms with Crippen molar-refractivity contribution in [2.75, 3.05) is 20.1 Å². The Morgan fingerprint density at radius 2 is 1.93 bits per heavy atom. The molecule has 2 nitrogen and oxygen atoms in total. The van der Waals surface area contributed by atoms with Gasteiger partial charge in [0.15, 0.2) is 0 Å². The number of rotatable bonds is 7. The summed E-state index contributed by atoms with van der Waals surface area (Å²) in [5, 5.41) is 3.40. The average Bonchev–Trinajstić information content (AvgIpc) is 2.94. The van der Waals surface area contributed by atoms with Crippen LogP contribution in [0.4, 0.5) is 0 Å². The molecule has 84 valence electrons. The second kappa shape index (κ2) is 5.72. The van der Waals surface area contributed by atoms with Gasteiger partial charge in [-0.2, -0.15) is 0 Å². The molecule has 0 bridgehead atoms. The molecule has 0 saturated heterocycles. The molecular formula is C12H26N2. The van der Waals surface area contributed by atoms with Crippen LogP contribution in [0.25, 0.3) is 0 Å². The minimum Gasteiger partial charge on any atom is -0.316 e. The summed E-state index contributed by atoms with van der Waals surface area (Å²) in [6.07, 6.45) is 4.08. The van der Waals surface area contributed by atoms with Gasteiger partial charge in [-0.05, 0) is 32.2 Å². The van der Waals surface area contributed by atoms with Crippen LogP contribution in [0.1, 0.15) is 40.0 Å². The number of nitrogens with one attached hydrogen (secondary N) is 1. The van der Waals surface area contributed by atoms with Crippen LogP contribution in [0.2, 0.25) is 0 Å². The molecule has 0 aromatic heterocycles. The summed E-state index contributed by atoms with van der Waals surface area (Å²) < 4.78 is 0. The first-order chi connectivity index (χ1) is 6.67. The van der Waals surface area contributed by atoms with E-state index in [0.717, 1.165) is 12.0 Å². The molecule has 1 unspecified atom stereocenters. The molecule has 2 heteroatoms. The van der Waals surface area contributed by atoms with Crippen LogP contribution in [0.5, 0.6) is 0 Å². The Hall–Kier alpha value is -0.0800. The zero-order valence-corrected chi connectivity index (χ0v) is 10.2. The second-order valence-electron chi connectivity index (χ2n) is 4.97. The third-order valence-electron chi connectivity index (χ3n) is 3.02. The van der Waals surface area contributed by atoms with Crippen LogP contribution in [0.15, 0.2) is 0 Å². The summed E-state index contributed by atoms with van der Waals surface area (Å²) in [6, 6.07) is 1.58. The average molecular weight is 198 g/mol. The molecule has 0 aromatic rings. The molecule has 1 N–H and O–H groups in total. The third kappa shape index (κ3) is 3.97. The Kier molecular flexibility index (Phi) is 4.90. The first kappa shape index (κ1) is 12.0. The highest BCUT2D eigenvalue weighted by atomic mass is 15.2. The standard InChI is InChI=1S/C12H26N2/c1-5-11(13-4)9-14(8-10(2)3)12-6-7-12/h10-13H,5-9H2,1-4H3. The zero-order chi connectivity index (χ0) is 10.6. The van der Waals surface area contributed by atoms with E-state index in [1.54, 1.807) is 0 Å². The lowest BCUT2D eigenvalue weighted by Crippen LogP contribution is -2.41. The molecule has 0 radical (unpaired) electrons. The highest BCUT2D eigenvalue weighted by Crippen LogP contribution is 2.27. The quantitative estimate of drug-likeness (QED) is 0.674. The van der Waals surface area contributed by atoms with Crippen LogP contribution in [0.3, 0.4) is 0 Å². The molecule has 1 aliphatic carbocycles. The fourth-order valence-electron chi connectivity index (χ4n) is 1.99. The van der Waals surface area contributed by atoms with Gasteiger partial charge >= 0.3 is 0 Å². The van der Waals surface area contributed by atoms with Crippen molar-refractivity contribution in [3.05, 3.63) is 0 Å². The smallest absolute Gasteiger partial charge is 0.0189 e. The second-order valence-corrected chi connectivity index (χ2v) is 4.97. The summed E-state index contributed by atoms with van der Waals surface area (Å²) >= 11 is 0. The van der Waals surface area contributed by atoms with E-state index in [1.807, 2.05) is 0 Å². The minimum absolute atomic E-state index is 0.675. The predicted molar refractivity (Wildman–Crippen MR) is 62.6 cm³/mol. The Morgan fingerprint density at radius 3 is 2.29 bits per heavy atom. The Morgan fingerprint density at radius 1 is 1.29 bits per heavy atom. The number of hydrogen-bond acceptors (Lipinski definition) is 2. The molecule has 0 aliphatic heterocycles. The maximum absolute atomic E-state index is 3.40. The van der Waals surface area contributed by atoms with Gasteiger partial charge in [-0.3, -0.25) is 4.90 Å². The van der Waals surface area contributed by atoms with E-state index >= 15 is 0 Å². The zero-order valence-electron chi connectivity index (χ0n) is 10.2. The van der Waals surface area contributed by atoms with Gasteiger partial charge < -0.3 is 5.32 Å². The predicted octanol–water partition coefficient (Wildman–Crippen LogP) is 2.10. The van der Waals surface area contributed by atoms with Gasteiger partial charge in [-0.25, -0.2) is 0 Å². The van der Waals surface area contributed by atoms with E-state index in [1.165, 1.54) is 32.4 Å². The van der Waals surface area contributed by atoms with E-state index in [0.29, 0.717) is 6.04 Å². The monoisotopic (exact) mass is 198 g/mol. The summed E-state index contributed by atoms with van der Waals surface area (Å²) in [5.41, 5.74) is 0. The highest BCUT2D eigenvalue weighted by molar-refractivity contribution is 4.86. The van der Waals surface area contributed by atoms with Crippen molar-refractivity contribution in [1.29, 1.82) is 0 Å². The van der Waals surface area contributed by atoms with Gasteiger partial charge in [0.25, 0.3) is 0 Å². The SMILES string of the molecule is CCC(CN(CC(C)C)C1CC1)NC. The fourth-order valence-corrected chi connectivity index (χ4v) is 1.99. The Labute approximate surface area is 89.1 Å². The van der Waals surface area contributed by atoms with Gasteiger partial charge in [-0.1, -0.05) is 20.8 Å². The van der Waals surface area contributed by atoms with Gasteiger partial charge in [0.1, 0.15) is 0 Å². The number of nitrogens with zero attached hydrogens (tertiary/aromatic N) is 1. The van der Waals surface area contributed by atoms with E-state index in [9.17, 15) is 0 Å². The van der Waals surface area contributed by atoms with Crippen molar-refractivity contribution in [3.63, 3.8) is 0 Å². The summed E-state index contributed by atoms with van der Waals surface area (Å²) in [4.78, 5) is 2.68. The lowest BCUT2D eigenvalue weighted by molar-refractivity contribution is 0.210. The van der Waals surface area contributed by atoms with Crippen molar-refractivity contribution in [3.8, 4) is 0 Å². The molecule has 0 heterocycles.